The number of hydrogen-bond acceptors (Lipinski definition) is 6. The van der Waals surface area contributed by atoms with Crippen molar-refractivity contribution in [3.63, 3.8) is 0 Å². The average Bonchev–Trinajstić information content (AvgIpc) is 3.49. The Hall–Kier alpha value is -3.91. The Morgan fingerprint density at radius 2 is 1.78 bits per heavy atom. The number of nitrogens with one attached hydrogen (secondary N) is 1. The number of amides is 2. The highest BCUT2D eigenvalue weighted by atomic mass is 32.2. The number of para-hydroxylation sites is 2. The van der Waals surface area contributed by atoms with Gasteiger partial charge in [0.15, 0.2) is 5.17 Å². The standard InChI is InChI=1S/C28H26N4O3S/c1-18-12-14-19(15-13-18)22-16-23(20-8-4-3-5-9-20)32(31-22)28-30-27(34)25(36-28)17-26(33)29-21-10-6-7-11-24(21)35-2/h3-15,23,25H,16-17H2,1-2H3,(H,29,33). The van der Waals surface area contributed by atoms with Crippen LogP contribution in [0.3, 0.4) is 0 Å². The van der Waals surface area contributed by atoms with Gasteiger partial charge in [-0.15, -0.1) is 0 Å². The van der Waals surface area contributed by atoms with E-state index in [1.807, 2.05) is 35.3 Å². The van der Waals surface area contributed by atoms with Gasteiger partial charge >= 0.3 is 0 Å². The number of nitrogens with zero attached hydrogens (tertiary/aromatic N) is 3. The van der Waals surface area contributed by atoms with Crippen molar-refractivity contribution in [2.24, 2.45) is 10.1 Å². The third kappa shape index (κ3) is 5.04. The second kappa shape index (κ2) is 10.4. The van der Waals surface area contributed by atoms with E-state index in [-0.39, 0.29) is 24.3 Å². The number of carbonyl (C=O) groups excluding carboxylic acids is 2. The van der Waals surface area contributed by atoms with E-state index in [0.717, 1.165) is 16.8 Å². The molecule has 1 N–H and O–H groups in total. The van der Waals surface area contributed by atoms with Gasteiger partial charge in [0, 0.05) is 12.8 Å². The van der Waals surface area contributed by atoms with Gasteiger partial charge in [0.2, 0.25) is 5.91 Å². The maximum Gasteiger partial charge on any atom is 0.262 e. The predicted molar refractivity (Wildman–Crippen MR) is 143 cm³/mol. The summed E-state index contributed by atoms with van der Waals surface area (Å²) in [7, 11) is 1.55. The minimum atomic E-state index is -0.607. The second-order valence-electron chi connectivity index (χ2n) is 8.68. The van der Waals surface area contributed by atoms with Crippen molar-refractivity contribution in [1.29, 1.82) is 0 Å². The Morgan fingerprint density at radius 3 is 2.53 bits per heavy atom. The molecule has 0 aromatic heterocycles. The molecule has 8 heteroatoms. The van der Waals surface area contributed by atoms with Gasteiger partial charge in [-0.2, -0.15) is 10.1 Å². The summed E-state index contributed by atoms with van der Waals surface area (Å²) in [5.41, 5.74) is 4.84. The van der Waals surface area contributed by atoms with E-state index >= 15 is 0 Å². The predicted octanol–water partition coefficient (Wildman–Crippen LogP) is 5.18. The smallest absolute Gasteiger partial charge is 0.262 e. The fraction of sp³-hybridized carbons (Fsp3) is 0.214. The fourth-order valence-corrected chi connectivity index (χ4v) is 5.33. The average molecular weight is 499 g/mol. The van der Waals surface area contributed by atoms with Crippen LogP contribution in [-0.4, -0.2) is 40.1 Å². The normalized spacial score (nSPS) is 19.2. The van der Waals surface area contributed by atoms with Crippen LogP contribution in [0, 0.1) is 6.92 Å². The Bertz CT molecular complexity index is 1340. The van der Waals surface area contributed by atoms with Gasteiger partial charge in [0.1, 0.15) is 11.0 Å². The van der Waals surface area contributed by atoms with Crippen molar-refractivity contribution in [2.45, 2.75) is 31.1 Å². The van der Waals surface area contributed by atoms with Crippen molar-refractivity contribution in [3.8, 4) is 5.75 Å². The van der Waals surface area contributed by atoms with Crippen molar-refractivity contribution < 1.29 is 14.3 Å². The zero-order valence-electron chi connectivity index (χ0n) is 20.0. The zero-order chi connectivity index (χ0) is 25.1. The molecule has 0 bridgehead atoms. The molecule has 2 unspecified atom stereocenters. The molecule has 2 amide bonds. The summed E-state index contributed by atoms with van der Waals surface area (Å²) < 4.78 is 5.30. The molecule has 2 atom stereocenters. The molecule has 0 radical (unpaired) electrons. The first-order chi connectivity index (χ1) is 17.5. The van der Waals surface area contributed by atoms with E-state index in [2.05, 4.69) is 53.6 Å². The third-order valence-corrected chi connectivity index (χ3v) is 7.30. The molecule has 7 nitrogen and oxygen atoms in total. The molecule has 0 saturated carbocycles. The lowest BCUT2D eigenvalue weighted by molar-refractivity contribution is -0.121. The van der Waals surface area contributed by atoms with E-state index in [4.69, 9.17) is 9.84 Å². The van der Waals surface area contributed by atoms with Crippen LogP contribution >= 0.6 is 11.8 Å². The number of hydrazone groups is 1. The van der Waals surface area contributed by atoms with Gasteiger partial charge < -0.3 is 10.1 Å². The van der Waals surface area contributed by atoms with Crippen molar-refractivity contribution in [3.05, 3.63) is 95.6 Å². The molecule has 2 aliphatic rings. The maximum absolute atomic E-state index is 12.8. The Labute approximate surface area is 214 Å². The second-order valence-corrected chi connectivity index (χ2v) is 9.85. The molecule has 2 heterocycles. The first-order valence-corrected chi connectivity index (χ1v) is 12.6. The summed E-state index contributed by atoms with van der Waals surface area (Å²) in [6.45, 7) is 2.05. The summed E-state index contributed by atoms with van der Waals surface area (Å²) in [4.78, 5) is 29.9. The van der Waals surface area contributed by atoms with E-state index < -0.39 is 5.25 Å². The number of aryl methyl sites for hydroxylation is 1. The van der Waals surface area contributed by atoms with Crippen LogP contribution in [0.5, 0.6) is 5.75 Å². The van der Waals surface area contributed by atoms with Gasteiger partial charge in [0.05, 0.1) is 24.6 Å². The Balaban J connectivity index is 1.34. The van der Waals surface area contributed by atoms with Gasteiger partial charge in [0.25, 0.3) is 5.91 Å². The number of thioether (sulfide) groups is 1. The highest BCUT2D eigenvalue weighted by Crippen LogP contribution is 2.38. The molecule has 3 aromatic carbocycles. The van der Waals surface area contributed by atoms with Crippen LogP contribution in [0.4, 0.5) is 5.69 Å². The van der Waals surface area contributed by atoms with Crippen LogP contribution < -0.4 is 10.1 Å². The number of amidine groups is 1. The van der Waals surface area contributed by atoms with Crippen LogP contribution in [-0.2, 0) is 9.59 Å². The molecule has 2 aliphatic heterocycles. The minimum absolute atomic E-state index is 0.00687. The quantitative estimate of drug-likeness (QED) is 0.506. The number of ether oxygens (including phenoxy) is 1. The van der Waals surface area contributed by atoms with E-state index in [9.17, 15) is 9.59 Å². The zero-order valence-corrected chi connectivity index (χ0v) is 20.9. The molecular formula is C28H26N4O3S. The highest BCUT2D eigenvalue weighted by molar-refractivity contribution is 8.15. The van der Waals surface area contributed by atoms with Crippen LogP contribution in [0.15, 0.2) is 89.0 Å². The van der Waals surface area contributed by atoms with Gasteiger partial charge in [-0.25, -0.2) is 5.01 Å². The molecule has 3 aromatic rings. The SMILES string of the molecule is COc1ccccc1NC(=O)CC1SC(N2N=C(c3ccc(C)cc3)CC2c2ccccc2)=NC1=O. The number of aliphatic imine (C=N–C) groups is 1. The summed E-state index contributed by atoms with van der Waals surface area (Å²) in [6.07, 6.45) is 0.701. The number of rotatable bonds is 6. The highest BCUT2D eigenvalue weighted by Gasteiger charge is 2.39. The fourth-order valence-electron chi connectivity index (χ4n) is 4.26. The molecule has 5 rings (SSSR count). The molecule has 0 aliphatic carbocycles. The lowest BCUT2D eigenvalue weighted by atomic mass is 9.98. The summed E-state index contributed by atoms with van der Waals surface area (Å²) in [6, 6.07) is 25.5. The van der Waals surface area contributed by atoms with Gasteiger partial charge in [-0.3, -0.25) is 9.59 Å². The molecule has 0 spiro atoms. The van der Waals surface area contributed by atoms with E-state index in [0.29, 0.717) is 23.0 Å². The van der Waals surface area contributed by atoms with Crippen molar-refractivity contribution in [2.75, 3.05) is 12.4 Å². The summed E-state index contributed by atoms with van der Waals surface area (Å²) in [5.74, 6) is -0.0309. The first-order valence-electron chi connectivity index (χ1n) is 11.7. The van der Waals surface area contributed by atoms with Crippen LogP contribution in [0.25, 0.3) is 0 Å². The van der Waals surface area contributed by atoms with Gasteiger partial charge in [-0.05, 0) is 30.2 Å². The van der Waals surface area contributed by atoms with Gasteiger partial charge in [-0.1, -0.05) is 84.1 Å². The molecule has 36 heavy (non-hydrogen) atoms. The minimum Gasteiger partial charge on any atom is -0.495 e. The monoisotopic (exact) mass is 498 g/mol. The van der Waals surface area contributed by atoms with E-state index in [1.165, 1.54) is 17.3 Å². The Morgan fingerprint density at radius 1 is 1.06 bits per heavy atom. The topological polar surface area (TPSA) is 83.4 Å². The number of hydrogen-bond donors (Lipinski definition) is 1. The molecular weight excluding hydrogens is 472 g/mol. The number of methoxy groups -OCH3 is 1. The molecule has 0 fully saturated rings. The van der Waals surface area contributed by atoms with Crippen LogP contribution in [0.2, 0.25) is 0 Å². The number of anilines is 1. The Kier molecular flexibility index (Phi) is 6.86. The molecule has 0 saturated heterocycles. The maximum atomic E-state index is 12.8. The first kappa shape index (κ1) is 23.8. The lowest BCUT2D eigenvalue weighted by Gasteiger charge is -2.23. The largest absolute Gasteiger partial charge is 0.495 e. The van der Waals surface area contributed by atoms with Crippen molar-refractivity contribution >= 4 is 40.1 Å². The lowest BCUT2D eigenvalue weighted by Crippen LogP contribution is -2.25. The third-order valence-electron chi connectivity index (χ3n) is 6.16. The van der Waals surface area contributed by atoms with E-state index in [1.54, 1.807) is 19.2 Å². The summed E-state index contributed by atoms with van der Waals surface area (Å²) >= 11 is 1.29. The van der Waals surface area contributed by atoms with Crippen LogP contribution in [0.1, 0.15) is 35.6 Å². The number of carbonyl (C=O) groups is 2. The summed E-state index contributed by atoms with van der Waals surface area (Å²) in [5, 5.41) is 9.49. The van der Waals surface area contributed by atoms with Crippen molar-refractivity contribution in [1.82, 2.24) is 5.01 Å². The molecule has 182 valence electrons. The number of benzene rings is 3.